The van der Waals surface area contributed by atoms with Gasteiger partial charge in [0.15, 0.2) is 0 Å². The van der Waals surface area contributed by atoms with E-state index in [0.29, 0.717) is 6.54 Å². The van der Waals surface area contributed by atoms with Gasteiger partial charge < -0.3 is 11.5 Å². The SMILES string of the molecule is Cl.NCC[C@H](N)c1cc2ccccc2c2ccccc12. The molecule has 0 spiro atoms. The summed E-state index contributed by atoms with van der Waals surface area (Å²) in [6, 6.07) is 19.1. The molecule has 0 amide bonds. The van der Waals surface area contributed by atoms with Gasteiger partial charge in [-0.2, -0.15) is 0 Å². The fraction of sp³-hybridized carbons (Fsp3) is 0.176. The standard InChI is InChI=1S/C17H18N2.ClH/c18-10-9-17(19)16-11-12-5-1-2-6-13(12)14-7-3-4-8-15(14)16;/h1-8,11,17H,9-10,18-19H2;1H/t17-;/m0./s1. The Labute approximate surface area is 125 Å². The summed E-state index contributed by atoms with van der Waals surface area (Å²) in [6.45, 7) is 0.613. The molecule has 0 aromatic heterocycles. The first-order chi connectivity index (χ1) is 9.31. The van der Waals surface area contributed by atoms with E-state index >= 15 is 0 Å². The van der Waals surface area contributed by atoms with E-state index in [1.54, 1.807) is 0 Å². The van der Waals surface area contributed by atoms with Crippen molar-refractivity contribution in [2.24, 2.45) is 11.5 Å². The van der Waals surface area contributed by atoms with Gasteiger partial charge in [0, 0.05) is 6.04 Å². The van der Waals surface area contributed by atoms with Gasteiger partial charge in [0.05, 0.1) is 0 Å². The van der Waals surface area contributed by atoms with E-state index in [9.17, 15) is 0 Å². The first-order valence-corrected chi connectivity index (χ1v) is 6.67. The molecule has 3 aromatic carbocycles. The Bertz CT molecular complexity index is 724. The second kappa shape index (κ2) is 6.23. The van der Waals surface area contributed by atoms with Crippen molar-refractivity contribution in [3.8, 4) is 0 Å². The van der Waals surface area contributed by atoms with Crippen LogP contribution in [0.4, 0.5) is 0 Å². The molecule has 1 atom stereocenters. The van der Waals surface area contributed by atoms with E-state index in [4.69, 9.17) is 11.5 Å². The van der Waals surface area contributed by atoms with Gasteiger partial charge in [0.25, 0.3) is 0 Å². The lowest BCUT2D eigenvalue weighted by Crippen LogP contribution is -2.15. The monoisotopic (exact) mass is 286 g/mol. The Balaban J connectivity index is 0.00000147. The highest BCUT2D eigenvalue weighted by atomic mass is 35.5. The van der Waals surface area contributed by atoms with Gasteiger partial charge in [-0.05, 0) is 46.1 Å². The molecule has 2 nitrogen and oxygen atoms in total. The van der Waals surface area contributed by atoms with Crippen LogP contribution in [0.1, 0.15) is 18.0 Å². The third-order valence-electron chi connectivity index (χ3n) is 3.68. The van der Waals surface area contributed by atoms with Crippen LogP contribution < -0.4 is 11.5 Å². The second-order valence-corrected chi connectivity index (χ2v) is 4.92. The van der Waals surface area contributed by atoms with Crippen LogP contribution in [-0.2, 0) is 0 Å². The predicted molar refractivity (Wildman–Crippen MR) is 89.3 cm³/mol. The predicted octanol–water partition coefficient (Wildman–Crippen LogP) is 3.76. The van der Waals surface area contributed by atoms with Crippen LogP contribution in [0.25, 0.3) is 21.5 Å². The molecule has 104 valence electrons. The molecule has 4 N–H and O–H groups in total. The minimum absolute atomic E-state index is 0. The minimum atomic E-state index is -0.000457. The van der Waals surface area contributed by atoms with Crippen LogP contribution >= 0.6 is 12.4 Å². The summed E-state index contributed by atoms with van der Waals surface area (Å²) in [7, 11) is 0. The van der Waals surface area contributed by atoms with E-state index in [0.717, 1.165) is 6.42 Å². The first-order valence-electron chi connectivity index (χ1n) is 6.67. The molecule has 0 radical (unpaired) electrons. The second-order valence-electron chi connectivity index (χ2n) is 4.92. The molecule has 3 rings (SSSR count). The topological polar surface area (TPSA) is 52.0 Å². The number of halogens is 1. The lowest BCUT2D eigenvalue weighted by molar-refractivity contribution is 0.666. The zero-order valence-electron chi connectivity index (χ0n) is 11.3. The summed E-state index contributed by atoms with van der Waals surface area (Å²) >= 11 is 0. The molecule has 0 aliphatic carbocycles. The largest absolute Gasteiger partial charge is 0.330 e. The average molecular weight is 287 g/mol. The van der Waals surface area contributed by atoms with Crippen LogP contribution in [0, 0.1) is 0 Å². The van der Waals surface area contributed by atoms with Gasteiger partial charge in [-0.1, -0.05) is 48.5 Å². The fourth-order valence-corrected chi connectivity index (χ4v) is 2.72. The molecule has 0 saturated carbocycles. The number of hydrogen-bond donors (Lipinski definition) is 2. The Morgan fingerprint density at radius 3 is 2.15 bits per heavy atom. The lowest BCUT2D eigenvalue weighted by Gasteiger charge is -2.16. The van der Waals surface area contributed by atoms with E-state index in [1.807, 2.05) is 0 Å². The Hall–Kier alpha value is -1.61. The van der Waals surface area contributed by atoms with Crippen molar-refractivity contribution in [1.82, 2.24) is 0 Å². The quantitative estimate of drug-likeness (QED) is 0.720. The normalized spacial score (nSPS) is 12.3. The van der Waals surface area contributed by atoms with Crippen LogP contribution in [-0.4, -0.2) is 6.54 Å². The third-order valence-corrected chi connectivity index (χ3v) is 3.68. The van der Waals surface area contributed by atoms with Gasteiger partial charge >= 0.3 is 0 Å². The molecule has 0 aliphatic rings. The van der Waals surface area contributed by atoms with Crippen molar-refractivity contribution in [3.05, 3.63) is 60.2 Å². The fourth-order valence-electron chi connectivity index (χ4n) is 2.72. The van der Waals surface area contributed by atoms with E-state index in [1.165, 1.54) is 27.1 Å². The first kappa shape index (κ1) is 14.8. The van der Waals surface area contributed by atoms with E-state index < -0.39 is 0 Å². The maximum atomic E-state index is 6.28. The highest BCUT2D eigenvalue weighted by Gasteiger charge is 2.11. The molecule has 0 unspecified atom stereocenters. The van der Waals surface area contributed by atoms with Crippen molar-refractivity contribution in [1.29, 1.82) is 0 Å². The van der Waals surface area contributed by atoms with Crippen molar-refractivity contribution in [2.45, 2.75) is 12.5 Å². The summed E-state index contributed by atoms with van der Waals surface area (Å²) in [5, 5.41) is 5.02. The molecule has 0 fully saturated rings. The van der Waals surface area contributed by atoms with Gasteiger partial charge in [-0.25, -0.2) is 0 Å². The Morgan fingerprint density at radius 1 is 0.850 bits per heavy atom. The van der Waals surface area contributed by atoms with Crippen molar-refractivity contribution in [3.63, 3.8) is 0 Å². The molecule has 0 saturated heterocycles. The van der Waals surface area contributed by atoms with Crippen LogP contribution in [0.5, 0.6) is 0 Å². The maximum Gasteiger partial charge on any atom is 0.0313 e. The highest BCUT2D eigenvalue weighted by molar-refractivity contribution is 6.09. The van der Waals surface area contributed by atoms with Crippen molar-refractivity contribution >= 4 is 34.0 Å². The van der Waals surface area contributed by atoms with Crippen LogP contribution in [0.2, 0.25) is 0 Å². The summed E-state index contributed by atoms with van der Waals surface area (Å²) in [5.41, 5.74) is 13.1. The lowest BCUT2D eigenvalue weighted by atomic mass is 9.93. The van der Waals surface area contributed by atoms with E-state index in [-0.39, 0.29) is 18.4 Å². The molecular weight excluding hydrogens is 268 g/mol. The van der Waals surface area contributed by atoms with Crippen molar-refractivity contribution < 1.29 is 0 Å². The summed E-state index contributed by atoms with van der Waals surface area (Å²) in [5.74, 6) is 0. The smallest absolute Gasteiger partial charge is 0.0313 e. The third kappa shape index (κ3) is 2.50. The van der Waals surface area contributed by atoms with Crippen LogP contribution in [0.15, 0.2) is 54.6 Å². The number of rotatable bonds is 3. The maximum absolute atomic E-state index is 6.28. The van der Waals surface area contributed by atoms with Gasteiger partial charge in [-0.15, -0.1) is 12.4 Å². The van der Waals surface area contributed by atoms with Gasteiger partial charge in [-0.3, -0.25) is 0 Å². The van der Waals surface area contributed by atoms with E-state index in [2.05, 4.69) is 54.6 Å². The molecule has 0 heterocycles. The van der Waals surface area contributed by atoms with Crippen LogP contribution in [0.3, 0.4) is 0 Å². The van der Waals surface area contributed by atoms with Gasteiger partial charge in [0.2, 0.25) is 0 Å². The molecule has 20 heavy (non-hydrogen) atoms. The zero-order valence-corrected chi connectivity index (χ0v) is 12.1. The highest BCUT2D eigenvalue weighted by Crippen LogP contribution is 2.31. The summed E-state index contributed by atoms with van der Waals surface area (Å²) in [4.78, 5) is 0. The molecule has 3 aromatic rings. The van der Waals surface area contributed by atoms with Gasteiger partial charge in [0.1, 0.15) is 0 Å². The molecule has 0 aliphatic heterocycles. The Morgan fingerprint density at radius 2 is 1.45 bits per heavy atom. The number of fused-ring (bicyclic) bond motifs is 3. The van der Waals surface area contributed by atoms with Crippen molar-refractivity contribution in [2.75, 3.05) is 6.54 Å². The number of benzene rings is 3. The molecular formula is C17H19ClN2. The average Bonchev–Trinajstić information content (AvgIpc) is 2.46. The summed E-state index contributed by atoms with van der Waals surface area (Å²) in [6.07, 6.45) is 0.808. The molecule has 0 bridgehead atoms. The minimum Gasteiger partial charge on any atom is -0.330 e. The molecule has 3 heteroatoms. The number of nitrogens with two attached hydrogens (primary N) is 2. The summed E-state index contributed by atoms with van der Waals surface area (Å²) < 4.78 is 0. The Kier molecular flexibility index (Phi) is 4.61. The number of hydrogen-bond acceptors (Lipinski definition) is 2. The zero-order chi connectivity index (χ0) is 13.2.